The van der Waals surface area contributed by atoms with Crippen molar-refractivity contribution in [1.82, 2.24) is 5.32 Å². The minimum absolute atomic E-state index is 0.158. The summed E-state index contributed by atoms with van der Waals surface area (Å²) in [6.07, 6.45) is 3.26. The van der Waals surface area contributed by atoms with Crippen LogP contribution in [0.1, 0.15) is 15.9 Å². The van der Waals surface area contributed by atoms with Crippen molar-refractivity contribution in [3.63, 3.8) is 0 Å². The van der Waals surface area contributed by atoms with Gasteiger partial charge >= 0.3 is 12.0 Å². The zero-order chi connectivity index (χ0) is 20.6. The quantitative estimate of drug-likeness (QED) is 0.397. The van der Waals surface area contributed by atoms with Gasteiger partial charge in [0, 0.05) is 16.1 Å². The highest BCUT2D eigenvalue weighted by Gasteiger charge is 2.06. The SMILES string of the molecule is O=C(O)CNC(=O)Nc1ccc(C(=O)/C=C/c2ccc(-c3cccs3)cc2)cc1. The molecular weight excluding hydrogens is 388 g/mol. The largest absolute Gasteiger partial charge is 0.480 e. The van der Waals surface area contributed by atoms with Crippen molar-refractivity contribution in [2.45, 2.75) is 0 Å². The summed E-state index contributed by atoms with van der Waals surface area (Å²) in [5.41, 5.74) is 3.00. The molecule has 0 bridgehead atoms. The Bertz CT molecular complexity index is 1020. The predicted octanol–water partition coefficient (Wildman–Crippen LogP) is 4.52. The van der Waals surface area contributed by atoms with Crippen LogP contribution < -0.4 is 10.6 Å². The van der Waals surface area contributed by atoms with Crippen molar-refractivity contribution in [3.8, 4) is 10.4 Å². The third kappa shape index (κ3) is 5.88. The normalized spacial score (nSPS) is 10.6. The minimum Gasteiger partial charge on any atom is -0.480 e. The summed E-state index contributed by atoms with van der Waals surface area (Å²) in [5, 5.41) is 15.3. The van der Waals surface area contributed by atoms with Crippen LogP contribution in [0.25, 0.3) is 16.5 Å². The van der Waals surface area contributed by atoms with E-state index in [1.165, 1.54) is 11.0 Å². The number of ketones is 1. The molecule has 0 aliphatic rings. The summed E-state index contributed by atoms with van der Waals surface area (Å²) in [6, 6.07) is 17.8. The fourth-order valence-electron chi connectivity index (χ4n) is 2.52. The van der Waals surface area contributed by atoms with E-state index < -0.39 is 18.5 Å². The van der Waals surface area contributed by atoms with Crippen LogP contribution in [0.5, 0.6) is 0 Å². The molecule has 2 aromatic carbocycles. The van der Waals surface area contributed by atoms with E-state index in [2.05, 4.69) is 16.7 Å². The predicted molar refractivity (Wildman–Crippen MR) is 114 cm³/mol. The number of carboxylic acids is 1. The number of aliphatic carboxylic acids is 1. The molecule has 1 heterocycles. The van der Waals surface area contributed by atoms with Gasteiger partial charge in [0.2, 0.25) is 0 Å². The molecule has 7 heteroatoms. The molecule has 146 valence electrons. The standard InChI is InChI=1S/C22H18N2O4S/c25-19(12-5-15-3-6-17(7-4-15)20-2-1-13-29-20)16-8-10-18(11-9-16)24-22(28)23-14-21(26)27/h1-13H,14H2,(H,26,27)(H2,23,24,28)/b12-5+. The Morgan fingerprint density at radius 2 is 1.69 bits per heavy atom. The average Bonchev–Trinajstić information content (AvgIpc) is 3.26. The average molecular weight is 406 g/mol. The summed E-state index contributed by atoms with van der Waals surface area (Å²) >= 11 is 1.68. The first-order chi connectivity index (χ1) is 14.0. The van der Waals surface area contributed by atoms with E-state index in [1.54, 1.807) is 41.7 Å². The van der Waals surface area contributed by atoms with Gasteiger partial charge in [-0.25, -0.2) is 4.79 Å². The molecule has 0 saturated carbocycles. The van der Waals surface area contributed by atoms with Crippen LogP contribution in [0.15, 0.2) is 72.1 Å². The fourth-order valence-corrected chi connectivity index (χ4v) is 3.25. The van der Waals surface area contributed by atoms with E-state index in [0.29, 0.717) is 11.3 Å². The van der Waals surface area contributed by atoms with Gasteiger partial charge in [0.25, 0.3) is 0 Å². The molecule has 0 aliphatic heterocycles. The second-order valence-corrected chi connectivity index (χ2v) is 7.02. The van der Waals surface area contributed by atoms with E-state index in [9.17, 15) is 14.4 Å². The number of amides is 2. The number of thiophene rings is 1. The number of benzene rings is 2. The van der Waals surface area contributed by atoms with Crippen LogP contribution in [0.2, 0.25) is 0 Å². The summed E-state index contributed by atoms with van der Waals surface area (Å²) in [7, 11) is 0. The fraction of sp³-hybridized carbons (Fsp3) is 0.0455. The highest BCUT2D eigenvalue weighted by Crippen LogP contribution is 2.25. The van der Waals surface area contributed by atoms with Crippen molar-refractivity contribution >= 4 is 40.9 Å². The lowest BCUT2D eigenvalue weighted by Gasteiger charge is -2.06. The molecule has 3 N–H and O–H groups in total. The second-order valence-electron chi connectivity index (χ2n) is 6.08. The number of allylic oxidation sites excluding steroid dienone is 1. The number of carbonyl (C=O) groups is 3. The monoisotopic (exact) mass is 406 g/mol. The maximum atomic E-state index is 12.3. The van der Waals surface area contributed by atoms with E-state index >= 15 is 0 Å². The Morgan fingerprint density at radius 1 is 0.966 bits per heavy atom. The van der Waals surface area contributed by atoms with E-state index in [-0.39, 0.29) is 5.78 Å². The number of carbonyl (C=O) groups excluding carboxylic acids is 2. The van der Waals surface area contributed by atoms with Gasteiger partial charge in [-0.15, -0.1) is 11.3 Å². The molecule has 0 aliphatic carbocycles. The lowest BCUT2D eigenvalue weighted by Crippen LogP contribution is -2.33. The van der Waals surface area contributed by atoms with Crippen LogP contribution in [0.3, 0.4) is 0 Å². The molecule has 0 fully saturated rings. The van der Waals surface area contributed by atoms with Gasteiger partial charge in [-0.2, -0.15) is 0 Å². The highest BCUT2D eigenvalue weighted by atomic mass is 32.1. The first kappa shape index (κ1) is 20.0. The van der Waals surface area contributed by atoms with E-state index in [0.717, 1.165) is 11.1 Å². The van der Waals surface area contributed by atoms with Gasteiger partial charge in [-0.1, -0.05) is 36.4 Å². The third-order valence-electron chi connectivity index (χ3n) is 3.97. The molecular formula is C22H18N2O4S. The Kier molecular flexibility index (Phi) is 6.55. The zero-order valence-electron chi connectivity index (χ0n) is 15.3. The number of carboxylic acid groups (broad SMARTS) is 1. The molecule has 0 saturated heterocycles. The van der Waals surface area contributed by atoms with Crippen molar-refractivity contribution in [2.75, 3.05) is 11.9 Å². The molecule has 0 spiro atoms. The van der Waals surface area contributed by atoms with Crippen LogP contribution in [0.4, 0.5) is 10.5 Å². The Balaban J connectivity index is 1.57. The van der Waals surface area contributed by atoms with Crippen molar-refractivity contribution in [2.24, 2.45) is 0 Å². The first-order valence-corrected chi connectivity index (χ1v) is 9.62. The number of nitrogens with one attached hydrogen (secondary N) is 2. The number of urea groups is 1. The highest BCUT2D eigenvalue weighted by molar-refractivity contribution is 7.13. The molecule has 0 atom stereocenters. The summed E-state index contributed by atoms with van der Waals surface area (Å²) in [4.78, 5) is 35.5. The molecule has 6 nitrogen and oxygen atoms in total. The van der Waals surface area contributed by atoms with Gasteiger partial charge in [-0.3, -0.25) is 9.59 Å². The molecule has 2 amide bonds. The first-order valence-electron chi connectivity index (χ1n) is 8.74. The van der Waals surface area contributed by atoms with Crippen LogP contribution in [0, 0.1) is 0 Å². The maximum absolute atomic E-state index is 12.3. The molecule has 1 aromatic heterocycles. The molecule has 3 aromatic rings. The number of rotatable bonds is 7. The molecule has 3 rings (SSSR count). The lowest BCUT2D eigenvalue weighted by atomic mass is 10.1. The summed E-state index contributed by atoms with van der Waals surface area (Å²) < 4.78 is 0. The molecule has 0 unspecified atom stereocenters. The zero-order valence-corrected chi connectivity index (χ0v) is 16.1. The van der Waals surface area contributed by atoms with Crippen LogP contribution in [-0.4, -0.2) is 29.4 Å². The number of hydrogen-bond donors (Lipinski definition) is 3. The minimum atomic E-state index is -1.13. The van der Waals surface area contributed by atoms with Gasteiger partial charge in [0.15, 0.2) is 5.78 Å². The Hall–Kier alpha value is -3.71. The maximum Gasteiger partial charge on any atom is 0.323 e. The van der Waals surface area contributed by atoms with Crippen LogP contribution in [-0.2, 0) is 4.79 Å². The number of anilines is 1. The van der Waals surface area contributed by atoms with Crippen molar-refractivity contribution in [3.05, 3.63) is 83.2 Å². The van der Waals surface area contributed by atoms with Crippen LogP contribution >= 0.6 is 11.3 Å². The third-order valence-corrected chi connectivity index (χ3v) is 4.89. The van der Waals surface area contributed by atoms with Crippen molar-refractivity contribution < 1.29 is 19.5 Å². The smallest absolute Gasteiger partial charge is 0.323 e. The summed E-state index contributed by atoms with van der Waals surface area (Å²) in [5.74, 6) is -1.29. The Morgan fingerprint density at radius 3 is 2.31 bits per heavy atom. The van der Waals surface area contributed by atoms with E-state index in [4.69, 9.17) is 5.11 Å². The van der Waals surface area contributed by atoms with E-state index in [1.807, 2.05) is 35.7 Å². The van der Waals surface area contributed by atoms with Gasteiger partial charge < -0.3 is 15.7 Å². The number of hydrogen-bond acceptors (Lipinski definition) is 4. The van der Waals surface area contributed by atoms with Gasteiger partial charge in [0.05, 0.1) is 0 Å². The van der Waals surface area contributed by atoms with Gasteiger partial charge in [-0.05, 0) is 52.9 Å². The topological polar surface area (TPSA) is 95.5 Å². The summed E-state index contributed by atoms with van der Waals surface area (Å²) in [6.45, 7) is -0.471. The van der Waals surface area contributed by atoms with Gasteiger partial charge in [0.1, 0.15) is 6.54 Å². The second kappa shape index (κ2) is 9.48. The molecule has 0 radical (unpaired) electrons. The lowest BCUT2D eigenvalue weighted by molar-refractivity contribution is -0.135. The Labute approximate surface area is 171 Å². The van der Waals surface area contributed by atoms with Crippen molar-refractivity contribution in [1.29, 1.82) is 0 Å². The molecule has 29 heavy (non-hydrogen) atoms.